The van der Waals surface area contributed by atoms with Crippen molar-refractivity contribution < 1.29 is 0 Å². The summed E-state index contributed by atoms with van der Waals surface area (Å²) in [6.07, 6.45) is 6.97. The molecule has 1 aromatic heterocycles. The highest BCUT2D eigenvalue weighted by molar-refractivity contribution is 6.17. The molecule has 3 nitrogen and oxygen atoms in total. The van der Waals surface area contributed by atoms with E-state index in [1.807, 2.05) is 18.2 Å². The fourth-order valence-electron chi connectivity index (χ4n) is 7.64. The first-order valence-electron chi connectivity index (χ1n) is 15.7. The molecule has 0 saturated heterocycles. The summed E-state index contributed by atoms with van der Waals surface area (Å²) in [5.74, 6) is 2.77. The lowest BCUT2D eigenvalue weighted by molar-refractivity contribution is 0.395. The van der Waals surface area contributed by atoms with Crippen LogP contribution in [0.1, 0.15) is 36.7 Å². The van der Waals surface area contributed by atoms with E-state index in [-0.39, 0.29) is 5.41 Å². The van der Waals surface area contributed by atoms with Crippen molar-refractivity contribution >= 4 is 37.9 Å². The Morgan fingerprint density at radius 2 is 1.18 bits per heavy atom. The maximum absolute atomic E-state index is 5.16. The number of nitrogens with zero attached hydrogens (tertiary/aromatic N) is 3. The van der Waals surface area contributed by atoms with Gasteiger partial charge >= 0.3 is 0 Å². The monoisotopic (exact) mass is 577 g/mol. The van der Waals surface area contributed by atoms with E-state index in [0.717, 1.165) is 16.7 Å². The third-order valence-corrected chi connectivity index (χ3v) is 10.0. The molecule has 2 aliphatic carbocycles. The number of fused-ring (bicyclic) bond motifs is 8. The van der Waals surface area contributed by atoms with E-state index in [1.165, 1.54) is 43.4 Å². The summed E-state index contributed by atoms with van der Waals surface area (Å²) in [7, 11) is 0. The fourth-order valence-corrected chi connectivity index (χ4v) is 7.64. The first-order valence-corrected chi connectivity index (χ1v) is 15.7. The second kappa shape index (κ2) is 9.80. The molecule has 45 heavy (non-hydrogen) atoms. The molecule has 6 aromatic carbocycles. The Balaban J connectivity index is 1.22. The highest BCUT2D eigenvalue weighted by Crippen LogP contribution is 2.54. The SMILES string of the molecule is CC1(C)c2ccccc2C2C=CC(c3nc(-c4ccccc4)nc(-c4ccc5ccc6c7ccccc7ccc6c5c4)n3)=CC21. The molecule has 1 heterocycles. The Kier molecular flexibility index (Phi) is 5.67. The standard InChI is InChI=1S/C42H31N3/c1-42(2)37-15-9-8-14-34(37)35-23-20-30(25-38(35)42)41-44-39(28-11-4-3-5-12-28)43-40(45-41)29-17-16-27-19-21-32-31-13-7-6-10-26(31)18-22-33(32)36(27)24-29/h3-25,35,38H,1-2H3. The van der Waals surface area contributed by atoms with Gasteiger partial charge in [0.1, 0.15) is 0 Å². The van der Waals surface area contributed by atoms with E-state index in [9.17, 15) is 0 Å². The Morgan fingerprint density at radius 3 is 2.02 bits per heavy atom. The summed E-state index contributed by atoms with van der Waals surface area (Å²) >= 11 is 0. The number of benzene rings is 6. The molecule has 3 heteroatoms. The van der Waals surface area contributed by atoms with Crippen molar-refractivity contribution in [2.45, 2.75) is 25.2 Å². The van der Waals surface area contributed by atoms with Gasteiger partial charge in [0.15, 0.2) is 17.5 Å². The minimum Gasteiger partial charge on any atom is -0.208 e. The molecule has 0 radical (unpaired) electrons. The zero-order chi connectivity index (χ0) is 30.1. The summed E-state index contributed by atoms with van der Waals surface area (Å²) in [6, 6.07) is 43.2. The van der Waals surface area contributed by atoms with Gasteiger partial charge in [-0.3, -0.25) is 0 Å². The van der Waals surface area contributed by atoms with Gasteiger partial charge in [0.05, 0.1) is 0 Å². The van der Waals surface area contributed by atoms with Gasteiger partial charge in [-0.2, -0.15) is 0 Å². The van der Waals surface area contributed by atoms with Gasteiger partial charge in [-0.1, -0.05) is 147 Å². The lowest BCUT2D eigenvalue weighted by atomic mass is 9.73. The van der Waals surface area contributed by atoms with Crippen LogP contribution >= 0.6 is 0 Å². The van der Waals surface area contributed by atoms with Crippen LogP contribution in [0.25, 0.3) is 60.7 Å². The maximum Gasteiger partial charge on any atom is 0.164 e. The Labute approximate surface area is 262 Å². The average molecular weight is 578 g/mol. The van der Waals surface area contributed by atoms with Crippen LogP contribution in [-0.2, 0) is 5.41 Å². The molecule has 0 bridgehead atoms. The normalized spacial score (nSPS) is 18.2. The summed E-state index contributed by atoms with van der Waals surface area (Å²) in [4.78, 5) is 15.3. The molecule has 2 unspecified atom stereocenters. The molecule has 9 rings (SSSR count). The molecule has 2 atom stereocenters. The summed E-state index contributed by atoms with van der Waals surface area (Å²) in [6.45, 7) is 4.72. The Hall–Kier alpha value is -5.41. The van der Waals surface area contributed by atoms with Crippen molar-refractivity contribution in [3.05, 3.63) is 157 Å². The second-order valence-electron chi connectivity index (χ2n) is 12.9. The van der Waals surface area contributed by atoms with Crippen LogP contribution in [0.2, 0.25) is 0 Å². The van der Waals surface area contributed by atoms with Crippen LogP contribution < -0.4 is 0 Å². The molecule has 214 valence electrons. The van der Waals surface area contributed by atoms with Crippen molar-refractivity contribution in [3.63, 3.8) is 0 Å². The molecule has 0 N–H and O–H groups in total. The van der Waals surface area contributed by atoms with Crippen LogP contribution in [-0.4, -0.2) is 15.0 Å². The van der Waals surface area contributed by atoms with E-state index in [4.69, 9.17) is 15.0 Å². The summed E-state index contributed by atoms with van der Waals surface area (Å²) < 4.78 is 0. The van der Waals surface area contributed by atoms with Gasteiger partial charge in [-0.05, 0) is 60.8 Å². The summed E-state index contributed by atoms with van der Waals surface area (Å²) in [5, 5.41) is 7.40. The smallest absolute Gasteiger partial charge is 0.164 e. The van der Waals surface area contributed by atoms with Crippen molar-refractivity contribution in [2.24, 2.45) is 5.92 Å². The maximum atomic E-state index is 5.16. The van der Waals surface area contributed by atoms with Gasteiger partial charge in [0.2, 0.25) is 0 Å². The molecule has 7 aromatic rings. The van der Waals surface area contributed by atoms with Gasteiger partial charge < -0.3 is 0 Å². The van der Waals surface area contributed by atoms with Crippen molar-refractivity contribution in [1.82, 2.24) is 15.0 Å². The molecule has 0 fully saturated rings. The minimum atomic E-state index is 0.0129. The third kappa shape index (κ3) is 4.08. The quantitative estimate of drug-likeness (QED) is 0.196. The van der Waals surface area contributed by atoms with Gasteiger partial charge in [0, 0.05) is 22.6 Å². The predicted molar refractivity (Wildman–Crippen MR) is 186 cm³/mol. The largest absolute Gasteiger partial charge is 0.208 e. The fraction of sp³-hybridized carbons (Fsp3) is 0.119. The Morgan fingerprint density at radius 1 is 0.533 bits per heavy atom. The zero-order valence-electron chi connectivity index (χ0n) is 25.3. The van der Waals surface area contributed by atoms with Gasteiger partial charge in [0.25, 0.3) is 0 Å². The van der Waals surface area contributed by atoms with Crippen LogP contribution in [0.3, 0.4) is 0 Å². The van der Waals surface area contributed by atoms with Crippen LogP contribution in [0.4, 0.5) is 0 Å². The van der Waals surface area contributed by atoms with Crippen molar-refractivity contribution in [2.75, 3.05) is 0 Å². The number of rotatable bonds is 3. The molecule has 2 aliphatic rings. The zero-order valence-corrected chi connectivity index (χ0v) is 25.3. The lowest BCUT2D eigenvalue weighted by Crippen LogP contribution is -2.25. The summed E-state index contributed by atoms with van der Waals surface area (Å²) in [5.41, 5.74) is 5.88. The van der Waals surface area contributed by atoms with Crippen molar-refractivity contribution in [1.29, 1.82) is 0 Å². The molecule has 0 spiro atoms. The number of hydrogen-bond acceptors (Lipinski definition) is 3. The highest BCUT2D eigenvalue weighted by atomic mass is 15.0. The lowest BCUT2D eigenvalue weighted by Gasteiger charge is -2.30. The van der Waals surface area contributed by atoms with Crippen LogP contribution in [0, 0.1) is 5.92 Å². The van der Waals surface area contributed by atoms with E-state index < -0.39 is 0 Å². The minimum absolute atomic E-state index is 0.0129. The van der Waals surface area contributed by atoms with E-state index in [1.54, 1.807) is 0 Å². The van der Waals surface area contributed by atoms with Gasteiger partial charge in [-0.15, -0.1) is 0 Å². The molecule has 0 saturated carbocycles. The second-order valence-corrected chi connectivity index (χ2v) is 12.9. The number of aromatic nitrogens is 3. The first-order chi connectivity index (χ1) is 22.0. The van der Waals surface area contributed by atoms with E-state index in [0.29, 0.717) is 29.3 Å². The third-order valence-electron chi connectivity index (χ3n) is 10.0. The van der Waals surface area contributed by atoms with Crippen molar-refractivity contribution in [3.8, 4) is 22.8 Å². The molecular formula is C42H31N3. The highest BCUT2D eigenvalue weighted by Gasteiger charge is 2.45. The molecular weight excluding hydrogens is 546 g/mol. The number of allylic oxidation sites excluding steroid dienone is 4. The number of hydrogen-bond donors (Lipinski definition) is 0. The van der Waals surface area contributed by atoms with E-state index in [2.05, 4.69) is 135 Å². The first kappa shape index (κ1) is 26.0. The van der Waals surface area contributed by atoms with E-state index >= 15 is 0 Å². The predicted octanol–water partition coefficient (Wildman–Crippen LogP) is 10.3. The topological polar surface area (TPSA) is 38.7 Å². The van der Waals surface area contributed by atoms with Crippen LogP contribution in [0.15, 0.2) is 140 Å². The molecule has 0 amide bonds. The average Bonchev–Trinajstić information content (AvgIpc) is 3.33. The van der Waals surface area contributed by atoms with Crippen LogP contribution in [0.5, 0.6) is 0 Å². The Bertz CT molecular complexity index is 2360. The molecule has 0 aliphatic heterocycles. The van der Waals surface area contributed by atoms with Gasteiger partial charge in [-0.25, -0.2) is 15.0 Å².